The van der Waals surface area contributed by atoms with Gasteiger partial charge in [-0.1, -0.05) is 6.07 Å². The molecule has 0 spiro atoms. The van der Waals surface area contributed by atoms with E-state index in [1.807, 2.05) is 36.5 Å². The van der Waals surface area contributed by atoms with Crippen LogP contribution < -0.4 is 19.7 Å². The zero-order chi connectivity index (χ0) is 21.1. The first kappa shape index (κ1) is 19.5. The zero-order valence-electron chi connectivity index (χ0n) is 16.7. The van der Waals surface area contributed by atoms with Gasteiger partial charge in [-0.15, -0.1) is 0 Å². The topological polar surface area (TPSA) is 85.7 Å². The number of ether oxygens (including phenoxy) is 2. The molecule has 0 aliphatic carbocycles. The lowest BCUT2D eigenvalue weighted by atomic mass is 10.1. The van der Waals surface area contributed by atoms with Crippen molar-refractivity contribution in [1.82, 2.24) is 9.78 Å². The van der Waals surface area contributed by atoms with E-state index in [0.717, 1.165) is 5.69 Å². The molecule has 1 N–H and O–H groups in total. The normalized spacial score (nSPS) is 15.9. The van der Waals surface area contributed by atoms with Gasteiger partial charge in [0.15, 0.2) is 0 Å². The van der Waals surface area contributed by atoms with Crippen molar-refractivity contribution in [2.45, 2.75) is 6.42 Å². The highest BCUT2D eigenvalue weighted by Gasteiger charge is 2.36. The Kier molecular flexibility index (Phi) is 5.38. The van der Waals surface area contributed by atoms with Gasteiger partial charge in [-0.05, 0) is 36.4 Å². The zero-order valence-corrected chi connectivity index (χ0v) is 16.7. The molecular formula is C22H22N4O4. The van der Waals surface area contributed by atoms with Crippen molar-refractivity contribution < 1.29 is 19.1 Å². The van der Waals surface area contributed by atoms with E-state index < -0.39 is 5.92 Å². The van der Waals surface area contributed by atoms with Crippen molar-refractivity contribution in [2.24, 2.45) is 5.92 Å². The molecule has 1 atom stereocenters. The van der Waals surface area contributed by atoms with Crippen LogP contribution in [0.5, 0.6) is 11.5 Å². The van der Waals surface area contributed by atoms with Crippen LogP contribution in [0, 0.1) is 5.92 Å². The van der Waals surface area contributed by atoms with Crippen molar-refractivity contribution >= 4 is 23.2 Å². The highest BCUT2D eigenvalue weighted by molar-refractivity contribution is 6.04. The largest absolute Gasteiger partial charge is 0.497 e. The minimum atomic E-state index is -0.460. The summed E-state index contributed by atoms with van der Waals surface area (Å²) < 4.78 is 12.3. The van der Waals surface area contributed by atoms with E-state index in [-0.39, 0.29) is 24.8 Å². The minimum Gasteiger partial charge on any atom is -0.497 e. The van der Waals surface area contributed by atoms with Crippen molar-refractivity contribution in [2.75, 3.05) is 31.0 Å². The van der Waals surface area contributed by atoms with Crippen LogP contribution in [0.1, 0.15) is 6.42 Å². The Balaban J connectivity index is 1.48. The van der Waals surface area contributed by atoms with Crippen molar-refractivity contribution in [3.8, 4) is 17.2 Å². The lowest BCUT2D eigenvalue weighted by molar-refractivity contribution is -0.122. The van der Waals surface area contributed by atoms with Gasteiger partial charge in [0.2, 0.25) is 11.8 Å². The number of rotatable bonds is 6. The molecule has 2 heterocycles. The van der Waals surface area contributed by atoms with Gasteiger partial charge in [-0.3, -0.25) is 9.59 Å². The maximum absolute atomic E-state index is 12.8. The summed E-state index contributed by atoms with van der Waals surface area (Å²) in [6.45, 7) is 0.284. The monoisotopic (exact) mass is 406 g/mol. The van der Waals surface area contributed by atoms with Gasteiger partial charge in [0.05, 0.1) is 31.5 Å². The fourth-order valence-corrected chi connectivity index (χ4v) is 3.52. The Morgan fingerprint density at radius 2 is 2.00 bits per heavy atom. The molecule has 1 saturated heterocycles. The molecule has 8 heteroatoms. The maximum atomic E-state index is 12.8. The summed E-state index contributed by atoms with van der Waals surface area (Å²) in [5.74, 6) is 0.377. The Bertz CT molecular complexity index is 1060. The van der Waals surface area contributed by atoms with E-state index in [9.17, 15) is 9.59 Å². The minimum absolute atomic E-state index is 0.121. The number of anilines is 2. The van der Waals surface area contributed by atoms with E-state index >= 15 is 0 Å². The quantitative estimate of drug-likeness (QED) is 0.680. The maximum Gasteiger partial charge on any atom is 0.229 e. The molecule has 0 unspecified atom stereocenters. The van der Waals surface area contributed by atoms with Gasteiger partial charge >= 0.3 is 0 Å². The number of carbonyl (C=O) groups excluding carboxylic acids is 2. The lowest BCUT2D eigenvalue weighted by Crippen LogP contribution is -2.28. The fraction of sp³-hybridized carbons (Fsp3) is 0.227. The average Bonchev–Trinajstić information content (AvgIpc) is 3.43. The third-order valence-corrected chi connectivity index (χ3v) is 5.06. The van der Waals surface area contributed by atoms with E-state index in [1.165, 1.54) is 7.11 Å². The SMILES string of the molecule is COc1ccc(N2C[C@@H](C(=O)Nc3cccc(-n4cccn4)c3)CC2=O)c(OC)c1. The highest BCUT2D eigenvalue weighted by atomic mass is 16.5. The van der Waals surface area contributed by atoms with Crippen LogP contribution in [0.4, 0.5) is 11.4 Å². The van der Waals surface area contributed by atoms with Gasteiger partial charge < -0.3 is 19.7 Å². The number of carbonyl (C=O) groups is 2. The summed E-state index contributed by atoms with van der Waals surface area (Å²) in [5.41, 5.74) is 2.12. The van der Waals surface area contributed by atoms with Crippen molar-refractivity contribution in [1.29, 1.82) is 0 Å². The number of nitrogens with one attached hydrogen (secondary N) is 1. The summed E-state index contributed by atoms with van der Waals surface area (Å²) in [7, 11) is 3.10. The van der Waals surface area contributed by atoms with Crippen LogP contribution in [0.25, 0.3) is 5.69 Å². The average molecular weight is 406 g/mol. The molecule has 1 aliphatic heterocycles. The molecule has 1 fully saturated rings. The number of amides is 2. The molecule has 3 aromatic rings. The Morgan fingerprint density at radius 1 is 1.13 bits per heavy atom. The summed E-state index contributed by atoms with van der Waals surface area (Å²) >= 11 is 0. The molecule has 2 aromatic carbocycles. The summed E-state index contributed by atoms with van der Waals surface area (Å²) in [6, 6.07) is 14.5. The number of hydrogen-bond acceptors (Lipinski definition) is 5. The molecule has 0 radical (unpaired) electrons. The third kappa shape index (κ3) is 3.84. The second-order valence-electron chi connectivity index (χ2n) is 6.93. The standard InChI is InChI=1S/C22H22N4O4/c1-29-18-7-8-19(20(13-18)30-2)25-14-15(11-21(25)27)22(28)24-16-5-3-6-17(12-16)26-10-4-9-23-26/h3-10,12-13,15H,11,14H2,1-2H3,(H,24,28)/t15-/m0/s1. The van der Waals surface area contributed by atoms with Gasteiger partial charge in [0, 0.05) is 37.1 Å². The van der Waals surface area contributed by atoms with Crippen LogP contribution in [-0.2, 0) is 9.59 Å². The molecular weight excluding hydrogens is 384 g/mol. The Morgan fingerprint density at radius 3 is 2.73 bits per heavy atom. The number of aromatic nitrogens is 2. The first-order valence-corrected chi connectivity index (χ1v) is 9.52. The number of benzene rings is 2. The first-order chi connectivity index (χ1) is 14.6. The first-order valence-electron chi connectivity index (χ1n) is 9.52. The molecule has 1 aliphatic rings. The third-order valence-electron chi connectivity index (χ3n) is 5.06. The van der Waals surface area contributed by atoms with Crippen LogP contribution in [0.3, 0.4) is 0 Å². The van der Waals surface area contributed by atoms with E-state index in [1.54, 1.807) is 41.1 Å². The Labute approximate surface area is 174 Å². The van der Waals surface area contributed by atoms with E-state index in [2.05, 4.69) is 10.4 Å². The van der Waals surface area contributed by atoms with Crippen LogP contribution >= 0.6 is 0 Å². The molecule has 0 saturated carbocycles. The highest BCUT2D eigenvalue weighted by Crippen LogP contribution is 2.36. The number of nitrogens with zero attached hydrogens (tertiary/aromatic N) is 3. The second kappa shape index (κ2) is 8.28. The molecule has 154 valence electrons. The predicted molar refractivity (Wildman–Crippen MR) is 112 cm³/mol. The van der Waals surface area contributed by atoms with Gasteiger partial charge in [0.25, 0.3) is 0 Å². The summed E-state index contributed by atoms with van der Waals surface area (Å²) in [5, 5.41) is 7.11. The number of methoxy groups -OCH3 is 2. The fourth-order valence-electron chi connectivity index (χ4n) is 3.52. The molecule has 1 aromatic heterocycles. The van der Waals surface area contributed by atoms with Crippen molar-refractivity contribution in [3.05, 3.63) is 60.9 Å². The van der Waals surface area contributed by atoms with Crippen molar-refractivity contribution in [3.63, 3.8) is 0 Å². The molecule has 4 rings (SSSR count). The molecule has 8 nitrogen and oxygen atoms in total. The lowest BCUT2D eigenvalue weighted by Gasteiger charge is -2.20. The Hall–Kier alpha value is -3.81. The van der Waals surface area contributed by atoms with Gasteiger partial charge in [-0.25, -0.2) is 4.68 Å². The number of hydrogen-bond donors (Lipinski definition) is 1. The van der Waals surface area contributed by atoms with Crippen LogP contribution in [0.15, 0.2) is 60.9 Å². The molecule has 0 bridgehead atoms. The molecule has 30 heavy (non-hydrogen) atoms. The van der Waals surface area contributed by atoms with Crippen LogP contribution in [0.2, 0.25) is 0 Å². The summed E-state index contributed by atoms with van der Waals surface area (Å²) in [4.78, 5) is 27.0. The van der Waals surface area contributed by atoms with Gasteiger partial charge in [0.1, 0.15) is 11.5 Å². The summed E-state index contributed by atoms with van der Waals surface area (Å²) in [6.07, 6.45) is 3.66. The van der Waals surface area contributed by atoms with Crippen LogP contribution in [-0.4, -0.2) is 42.4 Å². The van der Waals surface area contributed by atoms with E-state index in [4.69, 9.17) is 9.47 Å². The second-order valence-corrected chi connectivity index (χ2v) is 6.93. The van der Waals surface area contributed by atoms with Gasteiger partial charge in [-0.2, -0.15) is 5.10 Å². The smallest absolute Gasteiger partial charge is 0.229 e. The van der Waals surface area contributed by atoms with E-state index in [0.29, 0.717) is 22.9 Å². The predicted octanol–water partition coefficient (Wildman–Crippen LogP) is 2.88. The molecule has 2 amide bonds.